The summed E-state index contributed by atoms with van der Waals surface area (Å²) in [5, 5.41) is 14.9. The highest BCUT2D eigenvalue weighted by Crippen LogP contribution is 2.23. The molecule has 2 amide bonds. The number of benzene rings is 1. The summed E-state index contributed by atoms with van der Waals surface area (Å²) in [5.41, 5.74) is 0.558. The van der Waals surface area contributed by atoms with E-state index in [1.54, 1.807) is 30.3 Å². The molecule has 2 atom stereocenters. The fraction of sp³-hybridized carbons (Fsp3) is 0.429. The third-order valence-electron chi connectivity index (χ3n) is 3.03. The van der Waals surface area contributed by atoms with Crippen LogP contribution in [0.3, 0.4) is 0 Å². The van der Waals surface area contributed by atoms with E-state index in [4.69, 9.17) is 0 Å². The van der Waals surface area contributed by atoms with E-state index in [0.717, 1.165) is 17.3 Å². The second-order valence-corrected chi connectivity index (χ2v) is 7.16. The van der Waals surface area contributed by atoms with Gasteiger partial charge in [0.2, 0.25) is 0 Å². The van der Waals surface area contributed by atoms with E-state index in [9.17, 15) is 14.7 Å². The van der Waals surface area contributed by atoms with Gasteiger partial charge in [-0.15, -0.1) is 0 Å². The highest BCUT2D eigenvalue weighted by Gasteiger charge is 2.22. The Hall–Kier alpha value is -1.34. The number of urea groups is 1. The molecule has 1 unspecified atom stereocenters. The zero-order chi connectivity index (χ0) is 15.1. The molecule has 0 spiro atoms. The van der Waals surface area contributed by atoms with Crippen LogP contribution in [-0.4, -0.2) is 46.2 Å². The van der Waals surface area contributed by atoms with Gasteiger partial charge in [0.25, 0.3) is 0 Å². The SMILES string of the molecule is O=C(NCC1CSCCS1)N[C@H](C(=O)O)c1ccccc1. The van der Waals surface area contributed by atoms with E-state index in [1.165, 1.54) is 0 Å². The second-order valence-electron chi connectivity index (χ2n) is 4.60. The summed E-state index contributed by atoms with van der Waals surface area (Å²) < 4.78 is 0. The molecule has 1 fully saturated rings. The summed E-state index contributed by atoms with van der Waals surface area (Å²) >= 11 is 3.73. The van der Waals surface area contributed by atoms with Crippen molar-refractivity contribution < 1.29 is 14.7 Å². The van der Waals surface area contributed by atoms with Gasteiger partial charge in [-0.2, -0.15) is 23.5 Å². The van der Waals surface area contributed by atoms with Crippen LogP contribution in [0.25, 0.3) is 0 Å². The predicted octanol–water partition coefficient (Wildman–Crippen LogP) is 1.96. The molecule has 0 aliphatic carbocycles. The van der Waals surface area contributed by atoms with Crippen LogP contribution in [-0.2, 0) is 4.79 Å². The highest BCUT2D eigenvalue weighted by atomic mass is 32.2. The molecule has 1 saturated heterocycles. The van der Waals surface area contributed by atoms with Crippen molar-refractivity contribution in [3.8, 4) is 0 Å². The van der Waals surface area contributed by atoms with Gasteiger partial charge in [-0.3, -0.25) is 0 Å². The Bertz CT molecular complexity index is 478. The summed E-state index contributed by atoms with van der Waals surface area (Å²) in [6.45, 7) is 0.560. The summed E-state index contributed by atoms with van der Waals surface area (Å²) in [5.74, 6) is 2.20. The minimum absolute atomic E-state index is 0.398. The largest absolute Gasteiger partial charge is 0.479 e. The molecule has 1 aliphatic heterocycles. The molecule has 2 rings (SSSR count). The van der Waals surface area contributed by atoms with Crippen molar-refractivity contribution >= 4 is 35.5 Å². The van der Waals surface area contributed by atoms with Gasteiger partial charge in [-0.05, 0) is 5.56 Å². The molecule has 1 heterocycles. The number of hydrogen-bond donors (Lipinski definition) is 3. The minimum Gasteiger partial charge on any atom is -0.479 e. The zero-order valence-electron chi connectivity index (χ0n) is 11.5. The van der Waals surface area contributed by atoms with Crippen molar-refractivity contribution in [1.82, 2.24) is 10.6 Å². The third kappa shape index (κ3) is 5.17. The molecule has 7 heteroatoms. The van der Waals surface area contributed by atoms with Crippen LogP contribution in [0.15, 0.2) is 30.3 Å². The quantitative estimate of drug-likeness (QED) is 0.771. The lowest BCUT2D eigenvalue weighted by Crippen LogP contribution is -2.43. The molecule has 5 nitrogen and oxygen atoms in total. The van der Waals surface area contributed by atoms with E-state index < -0.39 is 18.0 Å². The van der Waals surface area contributed by atoms with Crippen LogP contribution in [0.1, 0.15) is 11.6 Å². The fourth-order valence-electron chi connectivity index (χ4n) is 1.98. The van der Waals surface area contributed by atoms with Crippen molar-refractivity contribution in [2.75, 3.05) is 23.8 Å². The number of carboxylic acids is 1. The molecular formula is C14H18N2O3S2. The zero-order valence-corrected chi connectivity index (χ0v) is 13.1. The molecule has 0 radical (unpaired) electrons. The molecule has 1 aromatic rings. The maximum atomic E-state index is 11.9. The number of carbonyl (C=O) groups excluding carboxylic acids is 1. The van der Waals surface area contributed by atoms with Gasteiger partial charge in [0.05, 0.1) is 0 Å². The van der Waals surface area contributed by atoms with Crippen LogP contribution in [0.4, 0.5) is 4.79 Å². The number of rotatable bonds is 5. The normalized spacial score (nSPS) is 19.5. The lowest BCUT2D eigenvalue weighted by atomic mass is 10.1. The molecule has 3 N–H and O–H groups in total. The Kier molecular flexibility index (Phi) is 6.25. The van der Waals surface area contributed by atoms with E-state index in [1.807, 2.05) is 23.5 Å². The number of hydrogen-bond acceptors (Lipinski definition) is 4. The van der Waals surface area contributed by atoms with Gasteiger partial charge in [0.15, 0.2) is 6.04 Å². The van der Waals surface area contributed by atoms with Gasteiger partial charge in [0, 0.05) is 29.1 Å². The summed E-state index contributed by atoms with van der Waals surface area (Å²) in [6.07, 6.45) is 0. The topological polar surface area (TPSA) is 78.4 Å². The van der Waals surface area contributed by atoms with Gasteiger partial charge in [-0.1, -0.05) is 30.3 Å². The fourth-order valence-corrected chi connectivity index (χ4v) is 4.59. The van der Waals surface area contributed by atoms with Gasteiger partial charge < -0.3 is 15.7 Å². The van der Waals surface area contributed by atoms with E-state index in [2.05, 4.69) is 10.6 Å². The van der Waals surface area contributed by atoms with E-state index in [-0.39, 0.29) is 0 Å². The number of nitrogens with one attached hydrogen (secondary N) is 2. The number of aliphatic carboxylic acids is 1. The van der Waals surface area contributed by atoms with Crippen LogP contribution < -0.4 is 10.6 Å². The molecule has 0 saturated carbocycles. The number of carboxylic acid groups (broad SMARTS) is 1. The Morgan fingerprint density at radius 1 is 1.29 bits per heavy atom. The predicted molar refractivity (Wildman–Crippen MR) is 86.9 cm³/mol. The Morgan fingerprint density at radius 2 is 2.05 bits per heavy atom. The molecule has 1 aliphatic rings. The van der Waals surface area contributed by atoms with Gasteiger partial charge in [-0.25, -0.2) is 9.59 Å². The lowest BCUT2D eigenvalue weighted by Gasteiger charge is -2.22. The van der Waals surface area contributed by atoms with Crippen molar-refractivity contribution in [3.63, 3.8) is 0 Å². The van der Waals surface area contributed by atoms with Crippen LogP contribution >= 0.6 is 23.5 Å². The summed E-state index contributed by atoms with van der Waals surface area (Å²) in [4.78, 5) is 23.2. The van der Waals surface area contributed by atoms with Crippen LogP contribution in [0.5, 0.6) is 0 Å². The van der Waals surface area contributed by atoms with Gasteiger partial charge >= 0.3 is 12.0 Å². The highest BCUT2D eigenvalue weighted by molar-refractivity contribution is 8.06. The summed E-state index contributed by atoms with van der Waals surface area (Å²) in [7, 11) is 0. The first-order valence-corrected chi connectivity index (χ1v) is 8.88. The van der Waals surface area contributed by atoms with Crippen molar-refractivity contribution in [2.45, 2.75) is 11.3 Å². The van der Waals surface area contributed by atoms with Gasteiger partial charge in [0.1, 0.15) is 0 Å². The molecule has 0 bridgehead atoms. The maximum absolute atomic E-state index is 11.9. The first kappa shape index (κ1) is 16.0. The Balaban J connectivity index is 1.85. The monoisotopic (exact) mass is 326 g/mol. The van der Waals surface area contributed by atoms with E-state index in [0.29, 0.717) is 17.4 Å². The Morgan fingerprint density at radius 3 is 2.67 bits per heavy atom. The number of thioether (sulfide) groups is 2. The Labute approximate surface area is 132 Å². The average Bonchev–Trinajstić information content (AvgIpc) is 2.52. The van der Waals surface area contributed by atoms with E-state index >= 15 is 0 Å². The average molecular weight is 326 g/mol. The first-order chi connectivity index (χ1) is 10.2. The molecule has 0 aromatic heterocycles. The summed E-state index contributed by atoms with van der Waals surface area (Å²) in [6, 6.07) is 7.21. The third-order valence-corrected chi connectivity index (χ3v) is 5.88. The van der Waals surface area contributed by atoms with Crippen molar-refractivity contribution in [3.05, 3.63) is 35.9 Å². The standard InChI is InChI=1S/C14H18N2O3S2/c17-13(18)12(10-4-2-1-3-5-10)16-14(19)15-8-11-9-20-6-7-21-11/h1-5,11-12H,6-9H2,(H,17,18)(H2,15,16,19)/t11?,12-/m0/s1. The lowest BCUT2D eigenvalue weighted by molar-refractivity contribution is -0.139. The van der Waals surface area contributed by atoms with Crippen LogP contribution in [0.2, 0.25) is 0 Å². The second kappa shape index (κ2) is 8.19. The first-order valence-electron chi connectivity index (χ1n) is 6.68. The number of amides is 2. The van der Waals surface area contributed by atoms with Crippen molar-refractivity contribution in [2.24, 2.45) is 0 Å². The van der Waals surface area contributed by atoms with Crippen LogP contribution in [0, 0.1) is 0 Å². The maximum Gasteiger partial charge on any atom is 0.330 e. The minimum atomic E-state index is -1.07. The molecule has 1 aromatic carbocycles. The molecular weight excluding hydrogens is 308 g/mol. The smallest absolute Gasteiger partial charge is 0.330 e. The number of carbonyl (C=O) groups is 2. The molecule has 21 heavy (non-hydrogen) atoms. The van der Waals surface area contributed by atoms with Crippen molar-refractivity contribution in [1.29, 1.82) is 0 Å². The molecule has 114 valence electrons.